The molecular formula is C3H2F5O2S-. The van der Waals surface area contributed by atoms with Gasteiger partial charge >= 0.3 is 11.2 Å². The molecule has 0 amide bonds. The molecule has 0 aliphatic rings. The van der Waals surface area contributed by atoms with Crippen molar-refractivity contribution in [2.45, 2.75) is 11.2 Å². The highest BCUT2D eigenvalue weighted by Crippen LogP contribution is 2.36. The van der Waals surface area contributed by atoms with E-state index in [9.17, 15) is 30.7 Å². The lowest BCUT2D eigenvalue weighted by Gasteiger charge is -2.25. The van der Waals surface area contributed by atoms with Crippen LogP contribution in [0.25, 0.3) is 0 Å². The highest BCUT2D eigenvalue weighted by Gasteiger charge is 2.57. The molecule has 0 radical (unpaired) electrons. The molecule has 1 atom stereocenters. The Kier molecular flexibility index (Phi) is 2.95. The molecule has 8 heteroatoms. The molecule has 0 heterocycles. The van der Waals surface area contributed by atoms with Crippen molar-refractivity contribution in [3.8, 4) is 0 Å². The Morgan fingerprint density at radius 1 is 1.27 bits per heavy atom. The van der Waals surface area contributed by atoms with Crippen molar-refractivity contribution < 1.29 is 30.7 Å². The van der Waals surface area contributed by atoms with E-state index in [1.807, 2.05) is 0 Å². The normalized spacial score (nSPS) is 16.5. The smallest absolute Gasteiger partial charge is 0.373 e. The first-order chi connectivity index (χ1) is 4.75. The van der Waals surface area contributed by atoms with E-state index in [0.29, 0.717) is 0 Å². The first-order valence-corrected chi connectivity index (χ1v) is 3.24. The maximum absolute atomic E-state index is 11.7. The molecule has 68 valence electrons. The van der Waals surface area contributed by atoms with Gasteiger partial charge in [-0.2, -0.15) is 17.6 Å². The van der Waals surface area contributed by atoms with Gasteiger partial charge in [0, 0.05) is 11.1 Å². The van der Waals surface area contributed by atoms with Crippen molar-refractivity contribution in [2.24, 2.45) is 0 Å². The van der Waals surface area contributed by atoms with Gasteiger partial charge in [0.2, 0.25) is 0 Å². The summed E-state index contributed by atoms with van der Waals surface area (Å²) in [5.74, 6) is -5.15. The molecule has 0 aromatic heterocycles. The van der Waals surface area contributed by atoms with Crippen molar-refractivity contribution in [1.29, 1.82) is 0 Å². The Morgan fingerprint density at radius 3 is 1.73 bits per heavy atom. The third-order valence-corrected chi connectivity index (χ3v) is 1.52. The van der Waals surface area contributed by atoms with Crippen LogP contribution in [-0.4, -0.2) is 26.6 Å². The van der Waals surface area contributed by atoms with Crippen molar-refractivity contribution >= 4 is 11.1 Å². The van der Waals surface area contributed by atoms with Crippen LogP contribution in [0.1, 0.15) is 0 Å². The lowest BCUT2D eigenvalue weighted by atomic mass is 10.4. The molecule has 0 aromatic carbocycles. The number of rotatable bonds is 3. The minimum Gasteiger partial charge on any atom is -0.768 e. The van der Waals surface area contributed by atoms with Crippen LogP contribution in [0.3, 0.4) is 0 Å². The molecule has 0 saturated carbocycles. The minimum atomic E-state index is -5.35. The van der Waals surface area contributed by atoms with Gasteiger partial charge in [0.25, 0.3) is 0 Å². The SMILES string of the molecule is O=S([O-])C(F)(F)C(F)(F)CF. The Morgan fingerprint density at radius 2 is 1.64 bits per heavy atom. The van der Waals surface area contributed by atoms with E-state index >= 15 is 0 Å². The predicted octanol–water partition coefficient (Wildman–Crippen LogP) is 1.06. The summed E-state index contributed by atoms with van der Waals surface area (Å²) in [6, 6.07) is 0. The lowest BCUT2D eigenvalue weighted by Crippen LogP contribution is -2.45. The first kappa shape index (κ1) is 10.8. The van der Waals surface area contributed by atoms with Crippen molar-refractivity contribution in [3.05, 3.63) is 0 Å². The number of halogens is 5. The molecule has 2 nitrogen and oxygen atoms in total. The minimum absolute atomic E-state index is 2.71. The van der Waals surface area contributed by atoms with Gasteiger partial charge in [-0.1, -0.05) is 0 Å². The molecule has 11 heavy (non-hydrogen) atoms. The summed E-state index contributed by atoms with van der Waals surface area (Å²) in [6.45, 7) is -2.71. The Balaban J connectivity index is 4.67. The average molecular weight is 197 g/mol. The number of hydrogen-bond acceptors (Lipinski definition) is 2. The van der Waals surface area contributed by atoms with Crippen LogP contribution in [0.4, 0.5) is 22.0 Å². The lowest BCUT2D eigenvalue weighted by molar-refractivity contribution is -0.166. The van der Waals surface area contributed by atoms with Crippen molar-refractivity contribution in [1.82, 2.24) is 0 Å². The molecule has 0 bridgehead atoms. The van der Waals surface area contributed by atoms with Gasteiger partial charge in [-0.3, -0.25) is 4.21 Å². The monoisotopic (exact) mass is 197 g/mol. The van der Waals surface area contributed by atoms with Gasteiger partial charge in [0.15, 0.2) is 6.67 Å². The predicted molar refractivity (Wildman–Crippen MR) is 24.8 cm³/mol. The van der Waals surface area contributed by atoms with E-state index in [-0.39, 0.29) is 0 Å². The summed E-state index contributed by atoms with van der Waals surface area (Å²) in [6.07, 6.45) is 0. The zero-order valence-electron chi connectivity index (χ0n) is 4.82. The van der Waals surface area contributed by atoms with Crippen LogP contribution < -0.4 is 0 Å². The first-order valence-electron chi connectivity index (χ1n) is 2.16. The molecule has 0 aliphatic carbocycles. The average Bonchev–Trinajstić information content (AvgIpc) is 1.87. The molecule has 0 N–H and O–H groups in total. The van der Waals surface area contributed by atoms with E-state index in [1.165, 1.54) is 0 Å². The molecular weight excluding hydrogens is 195 g/mol. The highest BCUT2D eigenvalue weighted by atomic mass is 32.2. The maximum Gasteiger partial charge on any atom is 0.373 e. The fraction of sp³-hybridized carbons (Fsp3) is 1.00. The van der Waals surface area contributed by atoms with Gasteiger partial charge in [0.05, 0.1) is 0 Å². The van der Waals surface area contributed by atoms with E-state index in [0.717, 1.165) is 0 Å². The van der Waals surface area contributed by atoms with Crippen LogP contribution in [0.2, 0.25) is 0 Å². The second-order valence-corrected chi connectivity index (χ2v) is 2.57. The standard InChI is InChI=1S/C3H3F5O2S/c4-1-2(5,6)3(7,8)11(9)10/h1H2,(H,9,10)/p-1. The van der Waals surface area contributed by atoms with Gasteiger partial charge in [-0.15, -0.1) is 0 Å². The Hall–Kier alpha value is -0.240. The number of hydrogen-bond donors (Lipinski definition) is 0. The third kappa shape index (κ3) is 1.86. The molecule has 0 aliphatic heterocycles. The van der Waals surface area contributed by atoms with Crippen LogP contribution in [0.15, 0.2) is 0 Å². The van der Waals surface area contributed by atoms with E-state index in [2.05, 4.69) is 0 Å². The summed E-state index contributed by atoms with van der Waals surface area (Å²) in [7, 11) is 0. The second-order valence-electron chi connectivity index (χ2n) is 1.59. The van der Waals surface area contributed by atoms with Gasteiger partial charge in [-0.05, 0) is 0 Å². The second kappa shape index (κ2) is 3.02. The maximum atomic E-state index is 11.7. The van der Waals surface area contributed by atoms with Crippen molar-refractivity contribution in [3.63, 3.8) is 0 Å². The Bertz CT molecular complexity index is 169. The Labute approximate surface area is 60.7 Å². The van der Waals surface area contributed by atoms with Gasteiger partial charge in [0.1, 0.15) is 0 Å². The topological polar surface area (TPSA) is 40.1 Å². The summed E-state index contributed by atoms with van der Waals surface area (Å²) < 4.78 is 76.8. The molecule has 0 aromatic rings. The summed E-state index contributed by atoms with van der Waals surface area (Å²) in [4.78, 5) is 0. The van der Waals surface area contributed by atoms with Crippen LogP contribution in [0, 0.1) is 0 Å². The fourth-order valence-electron chi connectivity index (χ4n) is 0.200. The molecule has 0 saturated heterocycles. The summed E-state index contributed by atoms with van der Waals surface area (Å²) in [5, 5.41) is -5.35. The zero-order chi connectivity index (χ0) is 9.28. The zero-order valence-corrected chi connectivity index (χ0v) is 5.64. The molecule has 0 rings (SSSR count). The van der Waals surface area contributed by atoms with E-state index in [1.54, 1.807) is 0 Å². The summed E-state index contributed by atoms with van der Waals surface area (Å²) >= 11 is -4.32. The van der Waals surface area contributed by atoms with Crippen molar-refractivity contribution in [2.75, 3.05) is 6.67 Å². The quantitative estimate of drug-likeness (QED) is 0.501. The van der Waals surface area contributed by atoms with Crippen LogP contribution in [0.5, 0.6) is 0 Å². The fourth-order valence-corrected chi connectivity index (χ4v) is 0.498. The molecule has 0 fully saturated rings. The van der Waals surface area contributed by atoms with Crippen LogP contribution in [-0.2, 0) is 11.1 Å². The largest absolute Gasteiger partial charge is 0.768 e. The number of alkyl halides is 5. The molecule has 0 spiro atoms. The summed E-state index contributed by atoms with van der Waals surface area (Å²) in [5.41, 5.74) is 0. The van der Waals surface area contributed by atoms with Gasteiger partial charge in [-0.25, -0.2) is 4.39 Å². The van der Waals surface area contributed by atoms with Crippen LogP contribution >= 0.6 is 0 Å². The third-order valence-electron chi connectivity index (χ3n) is 0.803. The van der Waals surface area contributed by atoms with E-state index in [4.69, 9.17) is 0 Å². The van der Waals surface area contributed by atoms with E-state index < -0.39 is 28.9 Å². The molecule has 1 unspecified atom stereocenters. The highest BCUT2D eigenvalue weighted by molar-refractivity contribution is 7.80. The van der Waals surface area contributed by atoms with Gasteiger partial charge < -0.3 is 4.55 Å².